The highest BCUT2D eigenvalue weighted by atomic mass is 32.2. The molecule has 0 aliphatic carbocycles. The van der Waals surface area contributed by atoms with Gasteiger partial charge in [-0.15, -0.1) is 0 Å². The maximum absolute atomic E-state index is 11.9. The Morgan fingerprint density at radius 2 is 1.73 bits per heavy atom. The van der Waals surface area contributed by atoms with Crippen molar-refractivity contribution in [2.45, 2.75) is 4.90 Å². The first kappa shape index (κ1) is 14.9. The van der Waals surface area contributed by atoms with Gasteiger partial charge in [-0.2, -0.15) is 0 Å². The van der Waals surface area contributed by atoms with Crippen molar-refractivity contribution in [2.75, 3.05) is 13.1 Å². The molecule has 112 valence electrons. The zero-order chi connectivity index (χ0) is 15.4. The predicted octanol–water partition coefficient (Wildman–Crippen LogP) is 3.17. The second-order valence-corrected chi connectivity index (χ2v) is 6.18. The second kappa shape index (κ2) is 6.81. The van der Waals surface area contributed by atoms with Crippen LogP contribution in [0.5, 0.6) is 0 Å². The molecule has 6 heteroatoms. The molecule has 0 bridgehead atoms. The maximum Gasteiger partial charge on any atom is 0.285 e. The van der Waals surface area contributed by atoms with Gasteiger partial charge in [-0.3, -0.25) is 4.31 Å². The van der Waals surface area contributed by atoms with E-state index in [4.69, 9.17) is 12.8 Å². The third kappa shape index (κ3) is 3.23. The minimum Gasteiger partial charge on any atom is -0.364 e. The molecule has 0 atom stereocenters. The number of hydrogen-bond acceptors (Lipinski definition) is 5. The molecular formula is C16H15N3OS2. The minimum absolute atomic E-state index is 0.483. The highest BCUT2D eigenvalue weighted by molar-refractivity contribution is 7.97. The molecule has 3 rings (SSSR count). The van der Waals surface area contributed by atoms with Crippen molar-refractivity contribution >= 4 is 30.5 Å². The highest BCUT2D eigenvalue weighted by Crippen LogP contribution is 2.31. The summed E-state index contributed by atoms with van der Waals surface area (Å²) in [5.41, 5.74) is 1.30. The first-order chi connectivity index (χ1) is 10.8. The van der Waals surface area contributed by atoms with E-state index in [0.29, 0.717) is 9.86 Å². The molecule has 2 aromatic carbocycles. The zero-order valence-corrected chi connectivity index (χ0v) is 13.4. The first-order valence-corrected chi connectivity index (χ1v) is 8.08. The van der Waals surface area contributed by atoms with Crippen molar-refractivity contribution in [3.05, 3.63) is 77.0 Å². The van der Waals surface area contributed by atoms with Crippen molar-refractivity contribution < 1.29 is 4.17 Å². The van der Waals surface area contributed by atoms with E-state index in [-0.39, 0.29) is 0 Å². The van der Waals surface area contributed by atoms with Gasteiger partial charge in [0.25, 0.3) is 5.70 Å². The molecule has 0 radical (unpaired) electrons. The van der Waals surface area contributed by atoms with E-state index in [1.807, 2.05) is 60.7 Å². The van der Waals surface area contributed by atoms with Gasteiger partial charge in [0.2, 0.25) is 0 Å². The SMILES string of the molecule is O=[N+]([S-])C(=C1NCCN1Sc1ccccc1)c1ccccc1. The van der Waals surface area contributed by atoms with Crippen molar-refractivity contribution in [3.63, 3.8) is 0 Å². The van der Waals surface area contributed by atoms with Gasteiger partial charge in [-0.25, -0.2) is 0 Å². The van der Waals surface area contributed by atoms with Crippen LogP contribution in [0.2, 0.25) is 0 Å². The summed E-state index contributed by atoms with van der Waals surface area (Å²) < 4.78 is 2.59. The van der Waals surface area contributed by atoms with E-state index in [9.17, 15) is 4.91 Å². The second-order valence-electron chi connectivity index (χ2n) is 4.75. The summed E-state index contributed by atoms with van der Waals surface area (Å²) in [6.45, 7) is 1.60. The van der Waals surface area contributed by atoms with Crippen LogP contribution in [0.15, 0.2) is 71.4 Å². The molecule has 1 saturated heterocycles. The minimum atomic E-state index is 0.483. The van der Waals surface area contributed by atoms with Crippen LogP contribution < -0.4 is 5.32 Å². The zero-order valence-electron chi connectivity index (χ0n) is 11.8. The molecule has 22 heavy (non-hydrogen) atoms. The molecule has 0 spiro atoms. The fourth-order valence-electron chi connectivity index (χ4n) is 2.30. The van der Waals surface area contributed by atoms with Crippen LogP contribution >= 0.6 is 11.9 Å². The van der Waals surface area contributed by atoms with Crippen LogP contribution in [-0.4, -0.2) is 21.6 Å². The molecular weight excluding hydrogens is 314 g/mol. The van der Waals surface area contributed by atoms with Gasteiger partial charge >= 0.3 is 0 Å². The number of nitrogens with one attached hydrogen (secondary N) is 1. The Morgan fingerprint density at radius 1 is 1.09 bits per heavy atom. The molecule has 1 fully saturated rings. The molecule has 0 unspecified atom stereocenters. The fraction of sp³-hybridized carbons (Fsp3) is 0.125. The lowest BCUT2D eigenvalue weighted by Crippen LogP contribution is -2.18. The van der Waals surface area contributed by atoms with E-state index < -0.39 is 0 Å². The van der Waals surface area contributed by atoms with Gasteiger partial charge in [-0.05, 0) is 36.2 Å². The summed E-state index contributed by atoms with van der Waals surface area (Å²) in [6, 6.07) is 19.6. The fourth-order valence-corrected chi connectivity index (χ4v) is 3.45. The van der Waals surface area contributed by atoms with Gasteiger partial charge < -0.3 is 18.1 Å². The van der Waals surface area contributed by atoms with Crippen LogP contribution in [0.1, 0.15) is 5.56 Å². The molecule has 1 aliphatic rings. The standard InChI is InChI=1S/C16H15N3OS2/c20-19(21)15(13-7-3-1-4-8-13)16-17-11-12-18(16)22-14-9-5-2-6-10-14/h1-10,17H,11-12H2. The van der Waals surface area contributed by atoms with Gasteiger partial charge in [0.1, 0.15) is 0 Å². The van der Waals surface area contributed by atoms with E-state index in [0.717, 1.165) is 29.4 Å². The van der Waals surface area contributed by atoms with E-state index in [1.165, 1.54) is 0 Å². The summed E-state index contributed by atoms with van der Waals surface area (Å²) in [6.07, 6.45) is 0. The molecule has 2 aromatic rings. The molecule has 0 saturated carbocycles. The first-order valence-electron chi connectivity index (χ1n) is 6.94. The van der Waals surface area contributed by atoms with Crippen LogP contribution in [-0.2, 0) is 12.8 Å². The number of nitrogens with zero attached hydrogens (tertiary/aromatic N) is 2. The van der Waals surface area contributed by atoms with Gasteiger partial charge in [0.05, 0.1) is 5.56 Å². The third-order valence-electron chi connectivity index (χ3n) is 3.27. The Hall–Kier alpha value is -2.05. The van der Waals surface area contributed by atoms with Crippen molar-refractivity contribution in [1.82, 2.24) is 9.62 Å². The smallest absolute Gasteiger partial charge is 0.285 e. The number of benzene rings is 2. The Kier molecular flexibility index (Phi) is 4.60. The largest absolute Gasteiger partial charge is 0.364 e. The van der Waals surface area contributed by atoms with Gasteiger partial charge in [0, 0.05) is 22.9 Å². The topological polar surface area (TPSA) is 35.4 Å². The van der Waals surface area contributed by atoms with Crippen LogP contribution in [0.4, 0.5) is 0 Å². The summed E-state index contributed by atoms with van der Waals surface area (Å²) in [5, 5.41) is 3.28. The maximum atomic E-state index is 11.9. The number of hydrogen-bond donors (Lipinski definition) is 1. The molecule has 1 aliphatic heterocycles. The average molecular weight is 329 g/mol. The Morgan fingerprint density at radius 3 is 2.36 bits per heavy atom. The summed E-state index contributed by atoms with van der Waals surface area (Å²) in [4.78, 5) is 13.1. The van der Waals surface area contributed by atoms with Crippen molar-refractivity contribution in [3.8, 4) is 0 Å². The highest BCUT2D eigenvalue weighted by Gasteiger charge is 2.28. The molecule has 1 heterocycles. The van der Waals surface area contributed by atoms with Crippen molar-refractivity contribution in [1.29, 1.82) is 0 Å². The van der Waals surface area contributed by atoms with E-state index >= 15 is 0 Å². The Labute approximate surface area is 139 Å². The van der Waals surface area contributed by atoms with Crippen molar-refractivity contribution in [2.24, 2.45) is 0 Å². The number of nitroso groups, excluding NO2 is 1. The molecule has 1 N–H and O–H groups in total. The lowest BCUT2D eigenvalue weighted by Gasteiger charge is -2.18. The molecule has 0 aromatic heterocycles. The Balaban J connectivity index is 1.96. The molecule has 4 nitrogen and oxygen atoms in total. The summed E-state index contributed by atoms with van der Waals surface area (Å²) in [5.74, 6) is 0.769. The normalized spacial score (nSPS) is 16.3. The lowest BCUT2D eigenvalue weighted by atomic mass is 10.1. The third-order valence-corrected chi connectivity index (χ3v) is 4.52. The van der Waals surface area contributed by atoms with Gasteiger partial charge in [-0.1, -0.05) is 40.6 Å². The van der Waals surface area contributed by atoms with Crippen LogP contribution in [0.25, 0.3) is 5.70 Å². The quantitative estimate of drug-likeness (QED) is 0.530. The number of rotatable bonds is 4. The van der Waals surface area contributed by atoms with E-state index in [1.54, 1.807) is 11.9 Å². The van der Waals surface area contributed by atoms with Gasteiger partial charge in [0.15, 0.2) is 5.82 Å². The molecule has 0 amide bonds. The average Bonchev–Trinajstić information content (AvgIpc) is 2.97. The predicted molar refractivity (Wildman–Crippen MR) is 91.4 cm³/mol. The monoisotopic (exact) mass is 329 g/mol. The summed E-state index contributed by atoms with van der Waals surface area (Å²) >= 11 is 6.48. The van der Waals surface area contributed by atoms with E-state index in [2.05, 4.69) is 9.62 Å². The van der Waals surface area contributed by atoms with Crippen LogP contribution in [0, 0.1) is 4.91 Å². The van der Waals surface area contributed by atoms with Crippen LogP contribution in [0.3, 0.4) is 0 Å². The Bertz CT molecular complexity index is 689. The summed E-state index contributed by atoms with van der Waals surface area (Å²) in [7, 11) is 0. The lowest BCUT2D eigenvalue weighted by molar-refractivity contribution is -0.254.